The number of rotatable bonds is 6. The van der Waals surface area contributed by atoms with Crippen molar-refractivity contribution in [3.8, 4) is 23.3 Å². The van der Waals surface area contributed by atoms with Crippen LogP contribution in [0.5, 0.6) is 0 Å². The van der Waals surface area contributed by atoms with Crippen LogP contribution in [0, 0.1) is 43.4 Å². The van der Waals surface area contributed by atoms with Gasteiger partial charge < -0.3 is 11.1 Å². The number of nitrogens with one attached hydrogen (secondary N) is 1. The van der Waals surface area contributed by atoms with Crippen LogP contribution in [0.3, 0.4) is 0 Å². The minimum atomic E-state index is -0.120. The highest BCUT2D eigenvalue weighted by atomic mass is 32.2. The number of carbonyl (C=O) groups is 1. The summed E-state index contributed by atoms with van der Waals surface area (Å²) in [6, 6.07) is 17.7. The zero-order valence-electron chi connectivity index (χ0n) is 18.2. The first-order valence-corrected chi connectivity index (χ1v) is 11.0. The maximum atomic E-state index is 12.4. The second-order valence-electron chi connectivity index (χ2n) is 7.48. The van der Waals surface area contributed by atoms with Crippen molar-refractivity contribution in [2.75, 3.05) is 16.8 Å². The third kappa shape index (κ3) is 5.08. The molecule has 0 saturated heterocycles. The lowest BCUT2D eigenvalue weighted by Gasteiger charge is -2.13. The Bertz CT molecular complexity index is 1250. The molecule has 0 unspecified atom stereocenters. The van der Waals surface area contributed by atoms with E-state index in [2.05, 4.69) is 22.4 Å². The second-order valence-corrected chi connectivity index (χ2v) is 8.57. The number of hydrogen-bond donors (Lipinski definition) is 2. The van der Waals surface area contributed by atoms with Gasteiger partial charge in [-0.25, -0.2) is 4.98 Å². The van der Waals surface area contributed by atoms with E-state index in [0.717, 1.165) is 27.9 Å². The van der Waals surface area contributed by atoms with Crippen LogP contribution in [-0.4, -0.2) is 16.6 Å². The summed E-state index contributed by atoms with van der Waals surface area (Å²) in [5, 5.41) is 22.8. The topological polar surface area (TPSA) is 116 Å². The molecular weight excluding hydrogens is 418 g/mol. The molecular formula is C25H23N5OS. The summed E-state index contributed by atoms with van der Waals surface area (Å²) < 4.78 is 0. The highest BCUT2D eigenvalue weighted by molar-refractivity contribution is 7.99. The quantitative estimate of drug-likeness (QED) is 0.513. The van der Waals surface area contributed by atoms with E-state index in [1.165, 1.54) is 11.8 Å². The summed E-state index contributed by atoms with van der Waals surface area (Å²) >= 11 is 1.28. The fourth-order valence-electron chi connectivity index (χ4n) is 3.24. The Kier molecular flexibility index (Phi) is 7.14. The van der Waals surface area contributed by atoms with Crippen molar-refractivity contribution in [2.24, 2.45) is 0 Å². The molecule has 6 nitrogen and oxygen atoms in total. The van der Waals surface area contributed by atoms with Crippen molar-refractivity contribution in [3.63, 3.8) is 0 Å². The number of thioether (sulfide) groups is 1. The molecule has 1 amide bonds. The molecule has 0 atom stereocenters. The molecule has 2 aromatic carbocycles. The van der Waals surface area contributed by atoms with Gasteiger partial charge in [0, 0.05) is 23.4 Å². The van der Waals surface area contributed by atoms with Gasteiger partial charge in [0.2, 0.25) is 5.91 Å². The lowest BCUT2D eigenvalue weighted by Crippen LogP contribution is -2.13. The maximum Gasteiger partial charge on any atom is 0.225 e. The average Bonchev–Trinajstić information content (AvgIpc) is 2.76. The molecule has 3 aromatic rings. The smallest absolute Gasteiger partial charge is 0.225 e. The molecule has 3 rings (SSSR count). The minimum absolute atomic E-state index is 0.0735. The van der Waals surface area contributed by atoms with E-state index in [1.807, 2.05) is 63.2 Å². The van der Waals surface area contributed by atoms with Gasteiger partial charge in [-0.05, 0) is 43.5 Å². The Morgan fingerprint density at radius 2 is 1.69 bits per heavy atom. The van der Waals surface area contributed by atoms with Crippen LogP contribution >= 0.6 is 11.8 Å². The van der Waals surface area contributed by atoms with Crippen LogP contribution in [0.25, 0.3) is 11.1 Å². The van der Waals surface area contributed by atoms with Gasteiger partial charge in [-0.3, -0.25) is 4.79 Å². The molecule has 1 aromatic heterocycles. The molecule has 0 aliphatic heterocycles. The van der Waals surface area contributed by atoms with Crippen LogP contribution in [0.4, 0.5) is 11.5 Å². The molecule has 0 aliphatic rings. The van der Waals surface area contributed by atoms with Crippen LogP contribution in [0.15, 0.2) is 47.5 Å². The van der Waals surface area contributed by atoms with Crippen molar-refractivity contribution in [1.82, 2.24) is 4.98 Å². The molecule has 160 valence electrons. The number of benzene rings is 2. The second kappa shape index (κ2) is 10.00. The number of pyridine rings is 1. The molecule has 0 aliphatic carbocycles. The number of nitriles is 2. The number of hydrogen-bond acceptors (Lipinski definition) is 6. The molecule has 0 fully saturated rings. The molecule has 0 radical (unpaired) electrons. The molecule has 3 N–H and O–H groups in total. The van der Waals surface area contributed by atoms with Gasteiger partial charge in [-0.1, -0.05) is 42.0 Å². The number of aryl methyl sites for hydroxylation is 3. The lowest BCUT2D eigenvalue weighted by atomic mass is 9.96. The largest absolute Gasteiger partial charge is 0.383 e. The first-order chi connectivity index (χ1) is 15.3. The van der Waals surface area contributed by atoms with E-state index in [-0.39, 0.29) is 23.7 Å². The number of carbonyl (C=O) groups excluding carboxylic acids is 1. The van der Waals surface area contributed by atoms with Crippen LogP contribution in [-0.2, 0) is 4.79 Å². The van der Waals surface area contributed by atoms with Crippen LogP contribution in [0.2, 0.25) is 0 Å². The van der Waals surface area contributed by atoms with Crippen molar-refractivity contribution in [2.45, 2.75) is 32.2 Å². The Morgan fingerprint density at radius 3 is 2.34 bits per heavy atom. The first kappa shape index (κ1) is 22.9. The summed E-state index contributed by atoms with van der Waals surface area (Å²) in [7, 11) is 0. The summed E-state index contributed by atoms with van der Waals surface area (Å²) in [5.74, 6) is 0.367. The van der Waals surface area contributed by atoms with E-state index in [9.17, 15) is 15.3 Å². The summed E-state index contributed by atoms with van der Waals surface area (Å²) in [6.07, 6.45) is 0.240. The zero-order valence-corrected chi connectivity index (χ0v) is 19.0. The van der Waals surface area contributed by atoms with Gasteiger partial charge in [0.15, 0.2) is 0 Å². The van der Waals surface area contributed by atoms with Crippen molar-refractivity contribution in [3.05, 3.63) is 70.3 Å². The van der Waals surface area contributed by atoms with Gasteiger partial charge >= 0.3 is 0 Å². The average molecular weight is 442 g/mol. The lowest BCUT2D eigenvalue weighted by molar-refractivity contribution is -0.115. The number of nitrogens with two attached hydrogens (primary N) is 1. The fourth-order valence-corrected chi connectivity index (χ4v) is 4.17. The van der Waals surface area contributed by atoms with Crippen molar-refractivity contribution in [1.29, 1.82) is 10.5 Å². The van der Waals surface area contributed by atoms with Gasteiger partial charge in [0.1, 0.15) is 28.5 Å². The van der Waals surface area contributed by atoms with E-state index in [4.69, 9.17) is 5.73 Å². The number of nitrogen functional groups attached to an aromatic ring is 1. The predicted molar refractivity (Wildman–Crippen MR) is 128 cm³/mol. The summed E-state index contributed by atoms with van der Waals surface area (Å²) in [6.45, 7) is 5.88. The molecule has 32 heavy (non-hydrogen) atoms. The number of anilines is 2. The van der Waals surface area contributed by atoms with E-state index in [0.29, 0.717) is 21.9 Å². The normalized spacial score (nSPS) is 10.3. The fraction of sp³-hybridized carbons (Fsp3) is 0.200. The highest BCUT2D eigenvalue weighted by Crippen LogP contribution is 2.35. The highest BCUT2D eigenvalue weighted by Gasteiger charge is 2.20. The predicted octanol–water partition coefficient (Wildman–Crippen LogP) is 5.12. The van der Waals surface area contributed by atoms with Gasteiger partial charge in [-0.15, -0.1) is 11.8 Å². The summed E-state index contributed by atoms with van der Waals surface area (Å²) in [4.78, 5) is 16.7. The Labute approximate surface area is 192 Å². The van der Waals surface area contributed by atoms with Crippen molar-refractivity contribution < 1.29 is 4.79 Å². The number of amides is 1. The van der Waals surface area contributed by atoms with E-state index >= 15 is 0 Å². The monoisotopic (exact) mass is 441 g/mol. The molecule has 0 bridgehead atoms. The van der Waals surface area contributed by atoms with E-state index < -0.39 is 0 Å². The Morgan fingerprint density at radius 1 is 1.03 bits per heavy atom. The van der Waals surface area contributed by atoms with E-state index in [1.54, 1.807) is 0 Å². The number of aromatic nitrogens is 1. The third-order valence-corrected chi connectivity index (χ3v) is 5.97. The maximum absolute atomic E-state index is 12.4. The Hall–Kier alpha value is -3.81. The number of nitrogens with zero attached hydrogens (tertiary/aromatic N) is 3. The Balaban J connectivity index is 1.82. The van der Waals surface area contributed by atoms with Gasteiger partial charge in [0.05, 0.1) is 5.56 Å². The zero-order chi connectivity index (χ0) is 23.3. The minimum Gasteiger partial charge on any atom is -0.383 e. The SMILES string of the molecule is Cc1ccc(-c2c(C#N)c(N)nc(SCCC(=O)Nc3cc(C)ccc3C)c2C#N)cc1. The molecule has 7 heteroatoms. The molecule has 1 heterocycles. The van der Waals surface area contributed by atoms with Crippen LogP contribution in [0.1, 0.15) is 34.2 Å². The third-order valence-electron chi connectivity index (χ3n) is 4.99. The van der Waals surface area contributed by atoms with Crippen molar-refractivity contribution >= 4 is 29.2 Å². The standard InChI is InChI=1S/C25H23N5OS/c1-15-5-8-18(9-6-15)23-19(13-26)24(28)30-25(20(23)14-27)32-11-10-22(31)29-21-12-16(2)4-7-17(21)3/h4-9,12H,10-11H2,1-3H3,(H2,28,30)(H,29,31). The van der Waals surface area contributed by atoms with Gasteiger partial charge in [0.25, 0.3) is 0 Å². The molecule has 0 spiro atoms. The first-order valence-electron chi connectivity index (χ1n) is 10.0. The van der Waals surface area contributed by atoms with Gasteiger partial charge in [-0.2, -0.15) is 10.5 Å². The summed E-state index contributed by atoms with van der Waals surface area (Å²) in [5.41, 5.74) is 11.7. The van der Waals surface area contributed by atoms with Crippen LogP contribution < -0.4 is 11.1 Å². The molecule has 0 saturated carbocycles.